The van der Waals surface area contributed by atoms with Gasteiger partial charge in [-0.2, -0.15) is 0 Å². The molecule has 1 aromatic rings. The minimum atomic E-state index is 0.178. The van der Waals surface area contributed by atoms with Gasteiger partial charge in [-0.15, -0.1) is 0 Å². The third-order valence-corrected chi connectivity index (χ3v) is 4.10. The molecule has 1 aliphatic heterocycles. The van der Waals surface area contributed by atoms with Crippen molar-refractivity contribution in [3.05, 3.63) is 34.9 Å². The van der Waals surface area contributed by atoms with Crippen molar-refractivity contribution in [1.29, 1.82) is 0 Å². The smallest absolute Gasteiger partial charge is 0.253 e. The number of halogens is 1. The molecule has 4 heteroatoms. The Labute approximate surface area is 130 Å². The lowest BCUT2D eigenvalue weighted by atomic mass is 10.1. The first-order valence-electron chi connectivity index (χ1n) is 7.26. The van der Waals surface area contributed by atoms with Crippen molar-refractivity contribution < 1.29 is 4.79 Å². The van der Waals surface area contributed by atoms with Gasteiger partial charge in [0.05, 0.1) is 0 Å². The third-order valence-electron chi connectivity index (χ3n) is 3.75. The van der Waals surface area contributed by atoms with Crippen LogP contribution in [0, 0.1) is 13.8 Å². The minimum Gasteiger partial charge on any atom is -0.337 e. The molecule has 1 aromatic carbocycles. The minimum absolute atomic E-state index is 0.178. The molecule has 0 unspecified atom stereocenters. The van der Waals surface area contributed by atoms with Crippen molar-refractivity contribution >= 4 is 21.8 Å². The van der Waals surface area contributed by atoms with Crippen LogP contribution in [0.15, 0.2) is 18.2 Å². The Bertz CT molecular complexity index is 455. The van der Waals surface area contributed by atoms with Gasteiger partial charge in [-0.1, -0.05) is 33.1 Å². The number of alkyl halides is 1. The summed E-state index contributed by atoms with van der Waals surface area (Å²) in [5, 5.41) is 0.998. The SMILES string of the molecule is Cc1cc(C)cc(C(=O)N2CCCN(CCBr)CC2)c1. The second kappa shape index (κ2) is 7.23. The molecule has 0 bridgehead atoms. The van der Waals surface area contributed by atoms with Crippen molar-refractivity contribution in [1.82, 2.24) is 9.80 Å². The molecular formula is C16H23BrN2O. The van der Waals surface area contributed by atoms with Gasteiger partial charge in [-0.3, -0.25) is 4.79 Å². The Hall–Kier alpha value is -0.870. The molecule has 110 valence electrons. The van der Waals surface area contributed by atoms with Crippen LogP contribution in [0.5, 0.6) is 0 Å². The number of carbonyl (C=O) groups excluding carboxylic acids is 1. The zero-order valence-electron chi connectivity index (χ0n) is 12.4. The highest BCUT2D eigenvalue weighted by Gasteiger charge is 2.20. The van der Waals surface area contributed by atoms with Gasteiger partial charge in [0.15, 0.2) is 0 Å². The lowest BCUT2D eigenvalue weighted by molar-refractivity contribution is 0.0761. The molecule has 1 heterocycles. The van der Waals surface area contributed by atoms with E-state index < -0.39 is 0 Å². The number of carbonyl (C=O) groups is 1. The van der Waals surface area contributed by atoms with E-state index in [1.54, 1.807) is 0 Å². The number of benzene rings is 1. The Morgan fingerprint density at radius 3 is 2.45 bits per heavy atom. The zero-order valence-corrected chi connectivity index (χ0v) is 13.9. The highest BCUT2D eigenvalue weighted by molar-refractivity contribution is 9.09. The van der Waals surface area contributed by atoms with Crippen molar-refractivity contribution in [2.45, 2.75) is 20.3 Å². The maximum atomic E-state index is 12.6. The Morgan fingerprint density at radius 2 is 1.80 bits per heavy atom. The van der Waals surface area contributed by atoms with Crippen LogP contribution >= 0.6 is 15.9 Å². The molecule has 0 aromatic heterocycles. The number of hydrogen-bond acceptors (Lipinski definition) is 2. The Kier molecular flexibility index (Phi) is 5.61. The van der Waals surface area contributed by atoms with Gasteiger partial charge in [0.2, 0.25) is 0 Å². The molecular weight excluding hydrogens is 316 g/mol. The predicted molar refractivity (Wildman–Crippen MR) is 86.7 cm³/mol. The summed E-state index contributed by atoms with van der Waals surface area (Å²) in [7, 11) is 0. The first-order valence-corrected chi connectivity index (χ1v) is 8.38. The van der Waals surface area contributed by atoms with Crippen LogP contribution in [0.1, 0.15) is 27.9 Å². The van der Waals surface area contributed by atoms with Crippen molar-refractivity contribution in [3.63, 3.8) is 0 Å². The molecule has 1 saturated heterocycles. The highest BCUT2D eigenvalue weighted by atomic mass is 79.9. The van der Waals surface area contributed by atoms with E-state index in [0.717, 1.165) is 61.2 Å². The van der Waals surface area contributed by atoms with Gasteiger partial charge in [-0.05, 0) is 38.9 Å². The molecule has 2 rings (SSSR count). The fourth-order valence-electron chi connectivity index (χ4n) is 2.80. The summed E-state index contributed by atoms with van der Waals surface area (Å²) in [6.45, 7) is 8.91. The van der Waals surface area contributed by atoms with E-state index in [4.69, 9.17) is 0 Å². The molecule has 1 aliphatic rings. The van der Waals surface area contributed by atoms with Crippen molar-refractivity contribution in [2.24, 2.45) is 0 Å². The second-order valence-corrected chi connectivity index (χ2v) is 6.35. The van der Waals surface area contributed by atoms with E-state index in [2.05, 4.69) is 26.9 Å². The quantitative estimate of drug-likeness (QED) is 0.791. The van der Waals surface area contributed by atoms with Gasteiger partial charge in [0.1, 0.15) is 0 Å². The maximum absolute atomic E-state index is 12.6. The summed E-state index contributed by atoms with van der Waals surface area (Å²) < 4.78 is 0. The van der Waals surface area contributed by atoms with Crippen LogP contribution in [-0.4, -0.2) is 53.8 Å². The van der Waals surface area contributed by atoms with Gasteiger partial charge in [0, 0.05) is 37.1 Å². The zero-order chi connectivity index (χ0) is 14.5. The standard InChI is InChI=1S/C16H23BrN2O/c1-13-10-14(2)12-15(11-13)16(20)19-6-3-5-18(7-4-17)8-9-19/h10-12H,3-9H2,1-2H3. The molecule has 1 amide bonds. The number of nitrogens with zero attached hydrogens (tertiary/aromatic N) is 2. The fraction of sp³-hybridized carbons (Fsp3) is 0.562. The normalized spacial score (nSPS) is 17.1. The van der Waals surface area contributed by atoms with E-state index in [-0.39, 0.29) is 5.91 Å². The number of hydrogen-bond donors (Lipinski definition) is 0. The van der Waals surface area contributed by atoms with Crippen LogP contribution in [0.3, 0.4) is 0 Å². The van der Waals surface area contributed by atoms with E-state index >= 15 is 0 Å². The third kappa shape index (κ3) is 4.06. The molecule has 1 fully saturated rings. The highest BCUT2D eigenvalue weighted by Crippen LogP contribution is 2.13. The summed E-state index contributed by atoms with van der Waals surface area (Å²) in [6.07, 6.45) is 1.06. The Balaban J connectivity index is 2.05. The molecule has 0 spiro atoms. The summed E-state index contributed by atoms with van der Waals surface area (Å²) in [5.74, 6) is 0.178. The topological polar surface area (TPSA) is 23.6 Å². The van der Waals surface area contributed by atoms with Crippen molar-refractivity contribution in [2.75, 3.05) is 38.1 Å². The van der Waals surface area contributed by atoms with Gasteiger partial charge in [0.25, 0.3) is 5.91 Å². The average molecular weight is 339 g/mol. The fourth-order valence-corrected chi connectivity index (χ4v) is 3.30. The van der Waals surface area contributed by atoms with E-state index in [9.17, 15) is 4.79 Å². The first kappa shape index (κ1) is 15.5. The van der Waals surface area contributed by atoms with E-state index in [1.807, 2.05) is 30.9 Å². The van der Waals surface area contributed by atoms with Gasteiger partial charge in [-0.25, -0.2) is 0 Å². The summed E-state index contributed by atoms with van der Waals surface area (Å²) in [6, 6.07) is 6.10. The average Bonchev–Trinajstić information content (AvgIpc) is 2.63. The molecule has 0 saturated carbocycles. The van der Waals surface area contributed by atoms with Crippen molar-refractivity contribution in [3.8, 4) is 0 Å². The lowest BCUT2D eigenvalue weighted by Crippen LogP contribution is -2.35. The Morgan fingerprint density at radius 1 is 1.10 bits per heavy atom. The predicted octanol–water partition coefficient (Wildman–Crippen LogP) is 2.85. The number of amides is 1. The summed E-state index contributed by atoms with van der Waals surface area (Å²) in [5.41, 5.74) is 3.14. The van der Waals surface area contributed by atoms with Crippen LogP contribution in [0.2, 0.25) is 0 Å². The molecule has 20 heavy (non-hydrogen) atoms. The van der Waals surface area contributed by atoms with Crippen LogP contribution in [0.4, 0.5) is 0 Å². The van der Waals surface area contributed by atoms with Crippen LogP contribution in [-0.2, 0) is 0 Å². The number of rotatable bonds is 3. The van der Waals surface area contributed by atoms with E-state index in [0.29, 0.717) is 0 Å². The molecule has 0 aliphatic carbocycles. The van der Waals surface area contributed by atoms with Gasteiger partial charge < -0.3 is 9.80 Å². The largest absolute Gasteiger partial charge is 0.337 e. The van der Waals surface area contributed by atoms with E-state index in [1.165, 1.54) is 0 Å². The maximum Gasteiger partial charge on any atom is 0.253 e. The molecule has 0 N–H and O–H groups in total. The van der Waals surface area contributed by atoms with Crippen LogP contribution in [0.25, 0.3) is 0 Å². The number of aryl methyl sites for hydroxylation is 2. The van der Waals surface area contributed by atoms with Gasteiger partial charge >= 0.3 is 0 Å². The summed E-state index contributed by atoms with van der Waals surface area (Å²) >= 11 is 3.48. The molecule has 3 nitrogen and oxygen atoms in total. The molecule has 0 radical (unpaired) electrons. The van der Waals surface area contributed by atoms with Crippen LogP contribution < -0.4 is 0 Å². The molecule has 0 atom stereocenters. The first-order chi connectivity index (χ1) is 9.60. The second-order valence-electron chi connectivity index (χ2n) is 5.55. The monoisotopic (exact) mass is 338 g/mol. The lowest BCUT2D eigenvalue weighted by Gasteiger charge is -2.22. The summed E-state index contributed by atoms with van der Waals surface area (Å²) in [4.78, 5) is 17.0.